The molecule has 1 rings (SSSR count). The summed E-state index contributed by atoms with van der Waals surface area (Å²) in [6, 6.07) is -0.322. The van der Waals surface area contributed by atoms with Crippen LogP contribution >= 0.6 is 0 Å². The van der Waals surface area contributed by atoms with E-state index in [-0.39, 0.29) is 6.04 Å². The Hall–Kier alpha value is -0.570. The van der Waals surface area contributed by atoms with Crippen LogP contribution in [0.15, 0.2) is 0 Å². The monoisotopic (exact) mass is 157 g/mol. The molecule has 0 aliphatic heterocycles. The third kappa shape index (κ3) is 1.93. The van der Waals surface area contributed by atoms with E-state index in [1.165, 1.54) is 12.8 Å². The first-order valence-electron chi connectivity index (χ1n) is 4.15. The van der Waals surface area contributed by atoms with Crippen molar-refractivity contribution >= 4 is 5.97 Å². The van der Waals surface area contributed by atoms with Gasteiger partial charge in [0.15, 0.2) is 0 Å². The Kier molecular flexibility index (Phi) is 2.88. The van der Waals surface area contributed by atoms with Crippen LogP contribution < -0.4 is 5.32 Å². The predicted octanol–water partition coefficient (Wildman–Crippen LogP) is 0.849. The van der Waals surface area contributed by atoms with Crippen molar-refractivity contribution in [1.29, 1.82) is 0 Å². The molecule has 1 fully saturated rings. The quantitative estimate of drug-likeness (QED) is 0.638. The lowest BCUT2D eigenvalue weighted by Gasteiger charge is -2.17. The molecule has 64 valence electrons. The minimum Gasteiger partial charge on any atom is -0.480 e. The highest BCUT2D eigenvalue weighted by Gasteiger charge is 2.28. The Balaban J connectivity index is 2.46. The van der Waals surface area contributed by atoms with Gasteiger partial charge in [0, 0.05) is 0 Å². The first kappa shape index (κ1) is 8.53. The summed E-state index contributed by atoms with van der Waals surface area (Å²) < 4.78 is 0. The molecule has 0 spiro atoms. The maximum Gasteiger partial charge on any atom is 0.320 e. The van der Waals surface area contributed by atoms with Gasteiger partial charge in [0.05, 0.1) is 0 Å². The van der Waals surface area contributed by atoms with E-state index in [1.807, 2.05) is 0 Å². The van der Waals surface area contributed by atoms with Crippen LogP contribution in [0.3, 0.4) is 0 Å². The molecule has 1 aliphatic carbocycles. The van der Waals surface area contributed by atoms with Crippen molar-refractivity contribution in [3.63, 3.8) is 0 Å². The van der Waals surface area contributed by atoms with Crippen LogP contribution in [0.1, 0.15) is 25.7 Å². The average molecular weight is 157 g/mol. The fraction of sp³-hybridized carbons (Fsp3) is 0.875. The lowest BCUT2D eigenvalue weighted by molar-refractivity contribution is -0.140. The van der Waals surface area contributed by atoms with Crippen molar-refractivity contribution in [1.82, 2.24) is 5.32 Å². The van der Waals surface area contributed by atoms with Crippen molar-refractivity contribution in [2.45, 2.75) is 31.7 Å². The smallest absolute Gasteiger partial charge is 0.320 e. The minimum absolute atomic E-state index is 0.322. The van der Waals surface area contributed by atoms with Crippen molar-refractivity contribution < 1.29 is 9.90 Å². The van der Waals surface area contributed by atoms with Crippen molar-refractivity contribution in [2.24, 2.45) is 5.92 Å². The SMILES string of the molecule is CN[C@H](C(=O)O)C1CCCC1. The van der Waals surface area contributed by atoms with Crippen LogP contribution in [0.2, 0.25) is 0 Å². The molecule has 1 aliphatic rings. The van der Waals surface area contributed by atoms with Crippen LogP contribution in [0, 0.1) is 5.92 Å². The first-order chi connectivity index (χ1) is 5.25. The highest BCUT2D eigenvalue weighted by Crippen LogP contribution is 2.27. The summed E-state index contributed by atoms with van der Waals surface area (Å²) in [5, 5.41) is 11.6. The second-order valence-electron chi connectivity index (χ2n) is 3.15. The number of carboxylic acid groups (broad SMARTS) is 1. The van der Waals surface area contributed by atoms with Crippen LogP contribution in [0.4, 0.5) is 0 Å². The van der Waals surface area contributed by atoms with Crippen LogP contribution in [-0.4, -0.2) is 24.2 Å². The molecule has 0 heterocycles. The van der Waals surface area contributed by atoms with Gasteiger partial charge < -0.3 is 10.4 Å². The molecule has 0 bridgehead atoms. The lowest BCUT2D eigenvalue weighted by Crippen LogP contribution is -2.39. The molecule has 1 saturated carbocycles. The van der Waals surface area contributed by atoms with E-state index in [0.29, 0.717) is 5.92 Å². The second kappa shape index (κ2) is 3.72. The second-order valence-corrected chi connectivity index (χ2v) is 3.15. The normalized spacial score (nSPS) is 21.9. The summed E-state index contributed by atoms with van der Waals surface area (Å²) in [4.78, 5) is 10.7. The Morgan fingerprint density at radius 2 is 2.09 bits per heavy atom. The molecule has 1 atom stereocenters. The van der Waals surface area contributed by atoms with Crippen LogP contribution in [-0.2, 0) is 4.79 Å². The van der Waals surface area contributed by atoms with Gasteiger partial charge in [0.25, 0.3) is 0 Å². The zero-order valence-electron chi connectivity index (χ0n) is 6.84. The van der Waals surface area contributed by atoms with E-state index in [2.05, 4.69) is 5.32 Å². The molecule has 0 unspecified atom stereocenters. The van der Waals surface area contributed by atoms with Gasteiger partial charge >= 0.3 is 5.97 Å². The topological polar surface area (TPSA) is 49.3 Å². The van der Waals surface area contributed by atoms with Crippen molar-refractivity contribution in [3.05, 3.63) is 0 Å². The number of aliphatic carboxylic acids is 1. The number of hydrogen-bond acceptors (Lipinski definition) is 2. The zero-order valence-corrected chi connectivity index (χ0v) is 6.84. The standard InChI is InChI=1S/C8H15NO2/c1-9-7(8(10)11)6-4-2-3-5-6/h6-7,9H,2-5H2,1H3,(H,10,11)/t7-/m0/s1. The van der Waals surface area contributed by atoms with Gasteiger partial charge in [-0.15, -0.1) is 0 Å². The Bertz CT molecular complexity index is 141. The van der Waals surface area contributed by atoms with E-state index < -0.39 is 5.97 Å². The van der Waals surface area contributed by atoms with Crippen LogP contribution in [0.25, 0.3) is 0 Å². The first-order valence-corrected chi connectivity index (χ1v) is 4.15. The van der Waals surface area contributed by atoms with Gasteiger partial charge in [-0.3, -0.25) is 4.79 Å². The number of carboxylic acids is 1. The van der Waals surface area contributed by atoms with Gasteiger partial charge in [-0.2, -0.15) is 0 Å². The summed E-state index contributed by atoms with van der Waals surface area (Å²) in [6.45, 7) is 0. The maximum atomic E-state index is 10.7. The van der Waals surface area contributed by atoms with E-state index in [0.717, 1.165) is 12.8 Å². The molecule has 3 nitrogen and oxygen atoms in total. The molecule has 0 aromatic carbocycles. The molecule has 0 aromatic rings. The van der Waals surface area contributed by atoms with Crippen LogP contribution in [0.5, 0.6) is 0 Å². The predicted molar refractivity (Wildman–Crippen MR) is 42.4 cm³/mol. The zero-order chi connectivity index (χ0) is 8.27. The fourth-order valence-electron chi connectivity index (χ4n) is 1.85. The highest BCUT2D eigenvalue weighted by molar-refractivity contribution is 5.73. The highest BCUT2D eigenvalue weighted by atomic mass is 16.4. The number of rotatable bonds is 3. The number of hydrogen-bond donors (Lipinski definition) is 2. The van der Waals surface area contributed by atoms with Gasteiger partial charge in [-0.25, -0.2) is 0 Å². The molecule has 3 heteroatoms. The number of nitrogens with one attached hydrogen (secondary N) is 1. The summed E-state index contributed by atoms with van der Waals surface area (Å²) in [5.41, 5.74) is 0. The number of carbonyl (C=O) groups is 1. The number of likely N-dealkylation sites (N-methyl/N-ethyl adjacent to an activating group) is 1. The average Bonchev–Trinajstić information content (AvgIpc) is 2.40. The van der Waals surface area contributed by atoms with Gasteiger partial charge in [-0.1, -0.05) is 12.8 Å². The molecule has 0 radical (unpaired) electrons. The molecule has 11 heavy (non-hydrogen) atoms. The summed E-state index contributed by atoms with van der Waals surface area (Å²) in [7, 11) is 1.72. The summed E-state index contributed by atoms with van der Waals surface area (Å²) in [6.07, 6.45) is 4.52. The third-order valence-corrected chi connectivity index (χ3v) is 2.45. The van der Waals surface area contributed by atoms with Gasteiger partial charge in [-0.05, 0) is 25.8 Å². The molecular weight excluding hydrogens is 142 g/mol. The van der Waals surface area contributed by atoms with E-state index in [4.69, 9.17) is 5.11 Å². The lowest BCUT2D eigenvalue weighted by atomic mass is 9.99. The molecule has 0 aromatic heterocycles. The van der Waals surface area contributed by atoms with Crippen molar-refractivity contribution in [2.75, 3.05) is 7.05 Å². The van der Waals surface area contributed by atoms with E-state index in [9.17, 15) is 4.79 Å². The molecular formula is C8H15NO2. The molecule has 0 saturated heterocycles. The van der Waals surface area contributed by atoms with Gasteiger partial charge in [0.1, 0.15) is 6.04 Å². The fourth-order valence-corrected chi connectivity index (χ4v) is 1.85. The summed E-state index contributed by atoms with van der Waals surface area (Å²) >= 11 is 0. The summed E-state index contributed by atoms with van der Waals surface area (Å²) in [5.74, 6) is -0.350. The maximum absolute atomic E-state index is 10.7. The minimum atomic E-state index is -0.709. The molecule has 0 amide bonds. The third-order valence-electron chi connectivity index (χ3n) is 2.45. The largest absolute Gasteiger partial charge is 0.480 e. The van der Waals surface area contributed by atoms with E-state index in [1.54, 1.807) is 7.05 Å². The van der Waals surface area contributed by atoms with Gasteiger partial charge in [0.2, 0.25) is 0 Å². The Morgan fingerprint density at radius 3 is 2.45 bits per heavy atom. The van der Waals surface area contributed by atoms with E-state index >= 15 is 0 Å². The van der Waals surface area contributed by atoms with Crippen molar-refractivity contribution in [3.8, 4) is 0 Å². The Morgan fingerprint density at radius 1 is 1.55 bits per heavy atom. The Labute approximate surface area is 66.8 Å². The molecule has 2 N–H and O–H groups in total.